The van der Waals surface area contributed by atoms with Crippen LogP contribution < -0.4 is 5.32 Å². The zero-order chi connectivity index (χ0) is 19.2. The monoisotopic (exact) mass is 362 g/mol. The summed E-state index contributed by atoms with van der Waals surface area (Å²) in [5.74, 6) is 0.325. The Morgan fingerprint density at radius 2 is 1.85 bits per heavy atom. The third-order valence-corrected chi connectivity index (χ3v) is 4.37. The lowest BCUT2D eigenvalue weighted by Gasteiger charge is -2.09. The maximum absolute atomic E-state index is 13.1. The van der Waals surface area contributed by atoms with E-state index in [-0.39, 0.29) is 5.91 Å². The zero-order valence-corrected chi connectivity index (χ0v) is 16.1. The third kappa shape index (κ3) is 4.42. The molecule has 3 rings (SSSR count). The average molecular weight is 362 g/mol. The second kappa shape index (κ2) is 8.62. The van der Waals surface area contributed by atoms with Crippen LogP contribution in [0.1, 0.15) is 48.2 Å². The molecule has 1 aromatic carbocycles. The maximum atomic E-state index is 13.1. The van der Waals surface area contributed by atoms with E-state index in [2.05, 4.69) is 31.1 Å². The molecule has 0 bridgehead atoms. The molecule has 5 heteroatoms. The van der Waals surface area contributed by atoms with Gasteiger partial charge in [0.2, 0.25) is 0 Å². The van der Waals surface area contributed by atoms with E-state index in [9.17, 15) is 4.79 Å². The quantitative estimate of drug-likeness (QED) is 0.692. The molecule has 27 heavy (non-hydrogen) atoms. The SMILES string of the molecule is CCc1c(C(=O)NCc2ccccn2)c(CC(C)C)nn1-c1ccccc1. The van der Waals surface area contributed by atoms with Gasteiger partial charge in [-0.05, 0) is 43.0 Å². The molecule has 2 heterocycles. The molecule has 0 atom stereocenters. The minimum atomic E-state index is -0.0877. The number of pyridine rings is 1. The highest BCUT2D eigenvalue weighted by atomic mass is 16.1. The van der Waals surface area contributed by atoms with Crippen LogP contribution in [0, 0.1) is 5.92 Å². The van der Waals surface area contributed by atoms with Crippen LogP contribution in [0.4, 0.5) is 0 Å². The van der Waals surface area contributed by atoms with Crippen molar-refractivity contribution in [1.82, 2.24) is 20.1 Å². The molecule has 1 N–H and O–H groups in total. The lowest BCUT2D eigenvalue weighted by Crippen LogP contribution is -2.25. The molecular formula is C22H26N4O. The smallest absolute Gasteiger partial charge is 0.255 e. The fourth-order valence-corrected chi connectivity index (χ4v) is 3.17. The molecule has 0 saturated heterocycles. The predicted molar refractivity (Wildman–Crippen MR) is 107 cm³/mol. The van der Waals surface area contributed by atoms with Crippen LogP contribution in [0.5, 0.6) is 0 Å². The van der Waals surface area contributed by atoms with E-state index in [0.717, 1.165) is 35.6 Å². The van der Waals surface area contributed by atoms with Crippen LogP contribution in [0.15, 0.2) is 54.7 Å². The predicted octanol–water partition coefficient (Wildman–Crippen LogP) is 3.96. The van der Waals surface area contributed by atoms with Gasteiger partial charge >= 0.3 is 0 Å². The summed E-state index contributed by atoms with van der Waals surface area (Å²) in [4.78, 5) is 17.3. The number of para-hydroxylation sites is 1. The molecule has 0 aliphatic carbocycles. The third-order valence-electron chi connectivity index (χ3n) is 4.37. The first-order chi connectivity index (χ1) is 13.1. The number of aromatic nitrogens is 3. The number of benzene rings is 1. The van der Waals surface area contributed by atoms with Crippen molar-refractivity contribution in [1.29, 1.82) is 0 Å². The molecule has 3 aromatic rings. The average Bonchev–Trinajstić information content (AvgIpc) is 3.05. The van der Waals surface area contributed by atoms with Gasteiger partial charge in [-0.15, -0.1) is 0 Å². The number of rotatable bonds is 7. The normalized spacial score (nSPS) is 11.0. The highest BCUT2D eigenvalue weighted by Crippen LogP contribution is 2.22. The molecule has 0 saturated carbocycles. The molecular weight excluding hydrogens is 336 g/mol. The van der Waals surface area contributed by atoms with Crippen molar-refractivity contribution >= 4 is 5.91 Å². The topological polar surface area (TPSA) is 59.8 Å². The van der Waals surface area contributed by atoms with Gasteiger partial charge in [-0.2, -0.15) is 5.10 Å². The van der Waals surface area contributed by atoms with Crippen LogP contribution in [0.25, 0.3) is 5.69 Å². The summed E-state index contributed by atoms with van der Waals surface area (Å²) in [6, 6.07) is 15.7. The highest BCUT2D eigenvalue weighted by molar-refractivity contribution is 5.96. The van der Waals surface area contributed by atoms with Crippen LogP contribution in [-0.4, -0.2) is 20.7 Å². The Morgan fingerprint density at radius 3 is 2.48 bits per heavy atom. The Labute approximate surface area is 160 Å². The summed E-state index contributed by atoms with van der Waals surface area (Å²) in [5.41, 5.74) is 4.30. The number of nitrogens with zero attached hydrogens (tertiary/aromatic N) is 3. The first kappa shape index (κ1) is 18.8. The molecule has 0 unspecified atom stereocenters. The second-order valence-corrected chi connectivity index (χ2v) is 6.97. The Morgan fingerprint density at radius 1 is 1.11 bits per heavy atom. The summed E-state index contributed by atoms with van der Waals surface area (Å²) < 4.78 is 1.91. The minimum Gasteiger partial charge on any atom is -0.346 e. The molecule has 1 amide bonds. The van der Waals surface area contributed by atoms with E-state index >= 15 is 0 Å². The van der Waals surface area contributed by atoms with E-state index < -0.39 is 0 Å². The molecule has 5 nitrogen and oxygen atoms in total. The highest BCUT2D eigenvalue weighted by Gasteiger charge is 2.23. The molecule has 0 radical (unpaired) electrons. The second-order valence-electron chi connectivity index (χ2n) is 6.97. The van der Waals surface area contributed by atoms with Gasteiger partial charge in [-0.3, -0.25) is 9.78 Å². The largest absolute Gasteiger partial charge is 0.346 e. The van der Waals surface area contributed by atoms with Crippen molar-refractivity contribution in [3.8, 4) is 5.69 Å². The number of carbonyl (C=O) groups excluding carboxylic acids is 1. The standard InChI is InChI=1S/C22H26N4O/c1-4-20-21(22(27)24-15-17-10-8-9-13-23-17)19(14-16(2)3)25-26(20)18-11-6-5-7-12-18/h5-13,16H,4,14-15H2,1-3H3,(H,24,27). The van der Waals surface area contributed by atoms with Crippen molar-refractivity contribution in [2.75, 3.05) is 0 Å². The van der Waals surface area contributed by atoms with Crippen LogP contribution >= 0.6 is 0 Å². The number of hydrogen-bond donors (Lipinski definition) is 1. The maximum Gasteiger partial charge on any atom is 0.255 e. The molecule has 0 aliphatic rings. The van der Waals surface area contributed by atoms with Gasteiger partial charge in [0.1, 0.15) is 0 Å². The fourth-order valence-electron chi connectivity index (χ4n) is 3.17. The Balaban J connectivity index is 1.96. The van der Waals surface area contributed by atoms with Crippen molar-refractivity contribution in [2.24, 2.45) is 5.92 Å². The van der Waals surface area contributed by atoms with Crippen molar-refractivity contribution in [2.45, 2.75) is 40.2 Å². The van der Waals surface area contributed by atoms with E-state index in [1.807, 2.05) is 53.2 Å². The summed E-state index contributed by atoms with van der Waals surface area (Å²) in [6.45, 7) is 6.75. The van der Waals surface area contributed by atoms with Gasteiger partial charge in [-0.1, -0.05) is 45.0 Å². The van der Waals surface area contributed by atoms with Crippen molar-refractivity contribution in [3.05, 3.63) is 77.4 Å². The Hall–Kier alpha value is -2.95. The first-order valence-corrected chi connectivity index (χ1v) is 9.44. The number of carbonyl (C=O) groups is 1. The van der Waals surface area contributed by atoms with E-state index in [1.165, 1.54) is 0 Å². The molecule has 0 spiro atoms. The lowest BCUT2D eigenvalue weighted by molar-refractivity contribution is 0.0948. The van der Waals surface area contributed by atoms with Gasteiger partial charge in [0.25, 0.3) is 5.91 Å². The van der Waals surface area contributed by atoms with Gasteiger partial charge in [0, 0.05) is 6.20 Å². The lowest BCUT2D eigenvalue weighted by atomic mass is 10.0. The van der Waals surface area contributed by atoms with Crippen LogP contribution in [0.2, 0.25) is 0 Å². The molecule has 140 valence electrons. The van der Waals surface area contributed by atoms with E-state index in [0.29, 0.717) is 18.0 Å². The minimum absolute atomic E-state index is 0.0877. The Kier molecular flexibility index (Phi) is 6.01. The van der Waals surface area contributed by atoms with E-state index in [4.69, 9.17) is 5.10 Å². The molecule has 2 aromatic heterocycles. The summed E-state index contributed by atoms with van der Waals surface area (Å²) >= 11 is 0. The van der Waals surface area contributed by atoms with Crippen molar-refractivity contribution in [3.63, 3.8) is 0 Å². The molecule has 0 fully saturated rings. The van der Waals surface area contributed by atoms with Gasteiger partial charge in [0.15, 0.2) is 0 Å². The van der Waals surface area contributed by atoms with E-state index in [1.54, 1.807) is 6.20 Å². The van der Waals surface area contributed by atoms with Gasteiger partial charge < -0.3 is 5.32 Å². The number of hydrogen-bond acceptors (Lipinski definition) is 3. The summed E-state index contributed by atoms with van der Waals surface area (Å²) in [7, 11) is 0. The number of nitrogens with one attached hydrogen (secondary N) is 1. The van der Waals surface area contributed by atoms with Gasteiger partial charge in [0.05, 0.1) is 34.9 Å². The number of amides is 1. The Bertz CT molecular complexity index is 885. The summed E-state index contributed by atoms with van der Waals surface area (Å²) in [6.07, 6.45) is 3.22. The van der Waals surface area contributed by atoms with Crippen LogP contribution in [-0.2, 0) is 19.4 Å². The zero-order valence-electron chi connectivity index (χ0n) is 16.1. The van der Waals surface area contributed by atoms with Crippen molar-refractivity contribution < 1.29 is 4.79 Å². The van der Waals surface area contributed by atoms with Crippen LogP contribution in [0.3, 0.4) is 0 Å². The van der Waals surface area contributed by atoms with Gasteiger partial charge in [-0.25, -0.2) is 4.68 Å². The molecule has 0 aliphatic heterocycles. The summed E-state index contributed by atoms with van der Waals surface area (Å²) in [5, 5.41) is 7.82. The first-order valence-electron chi connectivity index (χ1n) is 9.44. The fraction of sp³-hybridized carbons (Fsp3) is 0.318.